The van der Waals surface area contributed by atoms with E-state index in [4.69, 9.17) is 14.2 Å². The molecule has 0 bridgehead atoms. The number of thiophene rings is 1. The summed E-state index contributed by atoms with van der Waals surface area (Å²) in [5, 5.41) is 4.91. The van der Waals surface area contributed by atoms with Crippen LogP contribution in [0.15, 0.2) is 53.9 Å². The fourth-order valence-corrected chi connectivity index (χ4v) is 4.76. The first-order chi connectivity index (χ1) is 17.3. The maximum Gasteiger partial charge on any atom is 0.322 e. The van der Waals surface area contributed by atoms with Gasteiger partial charge in [-0.15, -0.1) is 11.3 Å². The van der Waals surface area contributed by atoms with E-state index < -0.39 is 0 Å². The molecule has 36 heavy (non-hydrogen) atoms. The Labute approximate surface area is 215 Å². The van der Waals surface area contributed by atoms with Crippen LogP contribution < -0.4 is 19.5 Å². The smallest absolute Gasteiger partial charge is 0.322 e. The lowest BCUT2D eigenvalue weighted by Crippen LogP contribution is -2.47. The number of benzene rings is 2. The van der Waals surface area contributed by atoms with Crippen molar-refractivity contribution in [2.45, 2.75) is 39.9 Å². The average Bonchev–Trinajstić information content (AvgIpc) is 3.50. The molecule has 1 aliphatic heterocycles. The summed E-state index contributed by atoms with van der Waals surface area (Å²) in [5.41, 5.74) is 2.70. The third-order valence-corrected chi connectivity index (χ3v) is 7.00. The summed E-state index contributed by atoms with van der Waals surface area (Å²) in [7, 11) is 1.59. The summed E-state index contributed by atoms with van der Waals surface area (Å²) in [5.74, 6) is 1.94. The van der Waals surface area contributed by atoms with E-state index in [2.05, 4.69) is 5.32 Å². The molecule has 2 heterocycles. The average molecular weight is 510 g/mol. The highest BCUT2D eigenvalue weighted by Crippen LogP contribution is 2.33. The molecule has 2 aromatic carbocycles. The second kappa shape index (κ2) is 11.3. The number of urea groups is 1. The maximum absolute atomic E-state index is 13.6. The molecule has 8 nitrogen and oxygen atoms in total. The van der Waals surface area contributed by atoms with Crippen molar-refractivity contribution in [2.24, 2.45) is 0 Å². The molecule has 0 unspecified atom stereocenters. The largest absolute Gasteiger partial charge is 0.497 e. The van der Waals surface area contributed by atoms with Crippen molar-refractivity contribution >= 4 is 29.0 Å². The monoisotopic (exact) mass is 509 g/mol. The molecule has 3 aromatic rings. The maximum atomic E-state index is 13.6. The van der Waals surface area contributed by atoms with Gasteiger partial charge in [-0.2, -0.15) is 0 Å². The number of hydrogen-bond acceptors (Lipinski definition) is 6. The van der Waals surface area contributed by atoms with Crippen LogP contribution in [-0.2, 0) is 17.9 Å². The normalized spacial score (nSPS) is 11.9. The number of nitrogens with one attached hydrogen (secondary N) is 1. The van der Waals surface area contributed by atoms with Gasteiger partial charge in [0.25, 0.3) is 0 Å². The molecule has 1 aromatic heterocycles. The molecule has 0 atom stereocenters. The standard InChI is InChI=1S/C27H31N3O5S/c1-18(2)30(27(32)28-21-6-8-22(33-4)9-7-21)16-26(31)29(15-25-19(3)11-12-36-25)14-20-5-10-23-24(13-20)35-17-34-23/h5-13,18H,14-17H2,1-4H3,(H,28,32). The van der Waals surface area contributed by atoms with Crippen LogP contribution in [0.4, 0.5) is 10.5 Å². The Bertz CT molecular complexity index is 1210. The number of anilines is 1. The Hall–Kier alpha value is -3.72. The Morgan fingerprint density at radius 3 is 2.47 bits per heavy atom. The predicted octanol–water partition coefficient (Wildman–Crippen LogP) is 5.27. The molecule has 4 rings (SSSR count). The van der Waals surface area contributed by atoms with E-state index in [9.17, 15) is 9.59 Å². The van der Waals surface area contributed by atoms with Crippen molar-refractivity contribution in [2.75, 3.05) is 25.8 Å². The molecule has 3 amide bonds. The van der Waals surface area contributed by atoms with Gasteiger partial charge in [-0.25, -0.2) is 4.79 Å². The van der Waals surface area contributed by atoms with Crippen LogP contribution in [0.3, 0.4) is 0 Å². The van der Waals surface area contributed by atoms with Crippen molar-refractivity contribution < 1.29 is 23.8 Å². The summed E-state index contributed by atoms with van der Waals surface area (Å²) in [4.78, 5) is 31.2. The summed E-state index contributed by atoms with van der Waals surface area (Å²) in [6, 6.07) is 14.3. The minimum atomic E-state index is -0.334. The van der Waals surface area contributed by atoms with Gasteiger partial charge in [-0.05, 0) is 79.7 Å². The van der Waals surface area contributed by atoms with Crippen molar-refractivity contribution in [3.8, 4) is 17.2 Å². The fraction of sp³-hybridized carbons (Fsp3) is 0.333. The lowest BCUT2D eigenvalue weighted by atomic mass is 10.1. The van der Waals surface area contributed by atoms with Crippen molar-refractivity contribution in [1.29, 1.82) is 0 Å². The predicted molar refractivity (Wildman–Crippen MR) is 140 cm³/mol. The van der Waals surface area contributed by atoms with E-state index in [0.717, 1.165) is 16.0 Å². The molecule has 0 saturated carbocycles. The highest BCUT2D eigenvalue weighted by Gasteiger charge is 2.25. The van der Waals surface area contributed by atoms with E-state index in [-0.39, 0.29) is 31.3 Å². The van der Waals surface area contributed by atoms with Gasteiger partial charge in [0.1, 0.15) is 12.3 Å². The number of rotatable bonds is 9. The molecule has 1 aliphatic rings. The quantitative estimate of drug-likeness (QED) is 0.425. The molecule has 0 radical (unpaired) electrons. The zero-order chi connectivity index (χ0) is 25.7. The highest BCUT2D eigenvalue weighted by atomic mass is 32.1. The number of carbonyl (C=O) groups is 2. The highest BCUT2D eigenvalue weighted by molar-refractivity contribution is 7.10. The zero-order valence-electron chi connectivity index (χ0n) is 20.9. The second-order valence-electron chi connectivity index (χ2n) is 8.84. The van der Waals surface area contributed by atoms with Crippen molar-refractivity contribution in [3.63, 3.8) is 0 Å². The molecule has 0 aliphatic carbocycles. The van der Waals surface area contributed by atoms with Crippen LogP contribution in [0, 0.1) is 6.92 Å². The van der Waals surface area contributed by atoms with Crippen LogP contribution in [0.5, 0.6) is 17.2 Å². The zero-order valence-corrected chi connectivity index (χ0v) is 21.8. The summed E-state index contributed by atoms with van der Waals surface area (Å²) in [6.45, 7) is 6.83. The Kier molecular flexibility index (Phi) is 8.00. The number of ether oxygens (including phenoxy) is 3. The molecule has 0 saturated heterocycles. The molecule has 0 fully saturated rings. The third-order valence-electron chi connectivity index (χ3n) is 6.00. The van der Waals surface area contributed by atoms with Gasteiger partial charge in [0.15, 0.2) is 11.5 Å². The Balaban J connectivity index is 1.50. The lowest BCUT2D eigenvalue weighted by molar-refractivity contribution is -0.133. The number of methoxy groups -OCH3 is 1. The van der Waals surface area contributed by atoms with Crippen LogP contribution in [0.25, 0.3) is 0 Å². The molecular formula is C27H31N3O5S. The molecule has 190 valence electrons. The van der Waals surface area contributed by atoms with Crippen molar-refractivity contribution in [1.82, 2.24) is 9.80 Å². The van der Waals surface area contributed by atoms with Gasteiger partial charge in [-0.1, -0.05) is 6.07 Å². The molecule has 0 spiro atoms. The third kappa shape index (κ3) is 6.09. The Morgan fingerprint density at radius 1 is 1.06 bits per heavy atom. The van der Waals surface area contributed by atoms with Gasteiger partial charge in [0, 0.05) is 23.2 Å². The van der Waals surface area contributed by atoms with Gasteiger partial charge in [0.05, 0.1) is 13.7 Å². The van der Waals surface area contributed by atoms with E-state index >= 15 is 0 Å². The SMILES string of the molecule is COc1ccc(NC(=O)N(CC(=O)N(Cc2ccc3c(c2)OCO3)Cc2sccc2C)C(C)C)cc1. The van der Waals surface area contributed by atoms with Crippen molar-refractivity contribution in [3.05, 3.63) is 69.9 Å². The van der Waals surface area contributed by atoms with Gasteiger partial charge < -0.3 is 29.3 Å². The molecule has 9 heteroatoms. The van der Waals surface area contributed by atoms with Crippen LogP contribution >= 0.6 is 11.3 Å². The first-order valence-electron chi connectivity index (χ1n) is 11.7. The van der Waals surface area contributed by atoms with E-state index in [1.807, 2.05) is 50.4 Å². The number of amides is 3. The van der Waals surface area contributed by atoms with Gasteiger partial charge in [0.2, 0.25) is 12.7 Å². The lowest BCUT2D eigenvalue weighted by Gasteiger charge is -2.30. The number of hydrogen-bond donors (Lipinski definition) is 1. The minimum absolute atomic E-state index is 0.0470. The second-order valence-corrected chi connectivity index (χ2v) is 9.85. The number of fused-ring (bicyclic) bond motifs is 1. The van der Waals surface area contributed by atoms with Gasteiger partial charge in [-0.3, -0.25) is 4.79 Å². The number of aryl methyl sites for hydroxylation is 1. The van der Waals surface area contributed by atoms with E-state index in [1.165, 1.54) is 0 Å². The fourth-order valence-electron chi connectivity index (χ4n) is 3.84. The molecule has 1 N–H and O–H groups in total. The minimum Gasteiger partial charge on any atom is -0.497 e. The Morgan fingerprint density at radius 2 is 1.81 bits per heavy atom. The summed E-state index contributed by atoms with van der Waals surface area (Å²) < 4.78 is 16.1. The summed E-state index contributed by atoms with van der Waals surface area (Å²) in [6.07, 6.45) is 0. The summed E-state index contributed by atoms with van der Waals surface area (Å²) >= 11 is 1.62. The van der Waals surface area contributed by atoms with E-state index in [0.29, 0.717) is 36.0 Å². The number of nitrogens with zero attached hydrogens (tertiary/aromatic N) is 2. The van der Waals surface area contributed by atoms with Crippen LogP contribution in [-0.4, -0.2) is 48.2 Å². The first-order valence-corrected chi connectivity index (χ1v) is 12.6. The topological polar surface area (TPSA) is 80.3 Å². The first kappa shape index (κ1) is 25.4. The van der Waals surface area contributed by atoms with Gasteiger partial charge >= 0.3 is 6.03 Å². The molecular weight excluding hydrogens is 478 g/mol. The number of carbonyl (C=O) groups excluding carboxylic acids is 2. The van der Waals surface area contributed by atoms with E-state index in [1.54, 1.807) is 52.5 Å². The van der Waals surface area contributed by atoms with Crippen LogP contribution in [0.1, 0.15) is 29.9 Å². The van der Waals surface area contributed by atoms with Crippen LogP contribution in [0.2, 0.25) is 0 Å².